The molecular weight excluding hydrogens is 348 g/mol. The molecule has 0 atom stereocenters. The molecule has 3 heterocycles. The Labute approximate surface area is 166 Å². The number of nitrogens with zero attached hydrogens (tertiary/aromatic N) is 6. The fraction of sp³-hybridized carbons (Fsp3) is 0.318. The lowest BCUT2D eigenvalue weighted by Gasteiger charge is -2.34. The highest BCUT2D eigenvalue weighted by molar-refractivity contribution is 5.48. The van der Waals surface area contributed by atoms with Crippen LogP contribution in [0.25, 0.3) is 12.0 Å². The van der Waals surface area contributed by atoms with Crippen molar-refractivity contribution in [1.82, 2.24) is 24.6 Å². The first-order valence-corrected chi connectivity index (χ1v) is 9.74. The van der Waals surface area contributed by atoms with E-state index in [0.717, 1.165) is 49.9 Å². The van der Waals surface area contributed by atoms with Crippen molar-refractivity contribution in [3.63, 3.8) is 0 Å². The summed E-state index contributed by atoms with van der Waals surface area (Å²) in [6.45, 7) is 8.97. The summed E-state index contributed by atoms with van der Waals surface area (Å²) in [6, 6.07) is 14.5. The summed E-state index contributed by atoms with van der Waals surface area (Å²) >= 11 is 0. The minimum absolute atomic E-state index is 0.635. The predicted octanol–water partition coefficient (Wildman–Crippen LogP) is 3.11. The summed E-state index contributed by atoms with van der Waals surface area (Å²) in [5, 5.41) is 4.49. The van der Waals surface area contributed by atoms with Gasteiger partial charge in [0, 0.05) is 44.6 Å². The van der Waals surface area contributed by atoms with E-state index in [4.69, 9.17) is 4.98 Å². The molecule has 0 bridgehead atoms. The third-order valence-electron chi connectivity index (χ3n) is 5.00. The van der Waals surface area contributed by atoms with Crippen LogP contribution in [0.3, 0.4) is 0 Å². The number of hydrogen-bond donors (Lipinski definition) is 0. The number of hydrogen-bond acceptors (Lipinski definition) is 5. The average molecular weight is 374 g/mol. The Bertz CT molecular complexity index is 939. The topological polar surface area (TPSA) is 50.1 Å². The molecule has 1 fully saturated rings. The van der Waals surface area contributed by atoms with Crippen molar-refractivity contribution in [3.05, 3.63) is 71.7 Å². The first kappa shape index (κ1) is 18.4. The molecule has 0 spiro atoms. The van der Waals surface area contributed by atoms with Gasteiger partial charge in [0.05, 0.1) is 5.69 Å². The van der Waals surface area contributed by atoms with Crippen molar-refractivity contribution in [2.24, 2.45) is 0 Å². The third-order valence-corrected chi connectivity index (χ3v) is 5.00. The maximum Gasteiger partial charge on any atom is 0.252 e. The van der Waals surface area contributed by atoms with Gasteiger partial charge in [-0.2, -0.15) is 10.1 Å². The molecule has 0 aliphatic carbocycles. The molecule has 6 nitrogen and oxygen atoms in total. The van der Waals surface area contributed by atoms with Crippen molar-refractivity contribution in [2.75, 3.05) is 37.6 Å². The number of aromatic nitrogens is 4. The van der Waals surface area contributed by atoms with Crippen LogP contribution in [0.15, 0.2) is 54.7 Å². The number of rotatable bonds is 5. The Morgan fingerprint density at radius 3 is 2.50 bits per heavy atom. The molecule has 28 heavy (non-hydrogen) atoms. The number of benzene rings is 1. The molecule has 1 aliphatic rings. The van der Waals surface area contributed by atoms with Crippen LogP contribution in [0.5, 0.6) is 0 Å². The van der Waals surface area contributed by atoms with Crippen LogP contribution in [-0.4, -0.2) is 57.4 Å². The van der Waals surface area contributed by atoms with Gasteiger partial charge in [-0.05, 0) is 31.5 Å². The van der Waals surface area contributed by atoms with E-state index in [0.29, 0.717) is 5.95 Å². The predicted molar refractivity (Wildman–Crippen MR) is 113 cm³/mol. The second kappa shape index (κ2) is 8.35. The van der Waals surface area contributed by atoms with E-state index in [1.807, 2.05) is 42.9 Å². The number of piperazine rings is 1. The summed E-state index contributed by atoms with van der Waals surface area (Å²) in [5.74, 6) is 1.60. The van der Waals surface area contributed by atoms with Crippen LogP contribution >= 0.6 is 0 Å². The maximum absolute atomic E-state index is 4.75. The van der Waals surface area contributed by atoms with Crippen LogP contribution in [0, 0.1) is 13.8 Å². The molecule has 0 N–H and O–H groups in total. The first-order valence-electron chi connectivity index (χ1n) is 9.74. The van der Waals surface area contributed by atoms with Crippen LogP contribution < -0.4 is 4.90 Å². The van der Waals surface area contributed by atoms with Gasteiger partial charge in [0.2, 0.25) is 0 Å². The Morgan fingerprint density at radius 2 is 1.79 bits per heavy atom. The van der Waals surface area contributed by atoms with E-state index in [-0.39, 0.29) is 0 Å². The molecule has 1 aliphatic heterocycles. The molecule has 2 aromatic heterocycles. The quantitative estimate of drug-likeness (QED) is 0.687. The van der Waals surface area contributed by atoms with Gasteiger partial charge in [-0.15, -0.1) is 0 Å². The van der Waals surface area contributed by atoms with Gasteiger partial charge in [-0.25, -0.2) is 9.67 Å². The molecule has 144 valence electrons. The molecule has 3 aromatic rings. The highest BCUT2D eigenvalue weighted by Crippen LogP contribution is 2.16. The summed E-state index contributed by atoms with van der Waals surface area (Å²) in [6.07, 6.45) is 6.26. The van der Waals surface area contributed by atoms with Crippen LogP contribution in [0.1, 0.15) is 17.0 Å². The average Bonchev–Trinajstić information content (AvgIpc) is 3.07. The van der Waals surface area contributed by atoms with E-state index >= 15 is 0 Å². The minimum Gasteiger partial charge on any atom is -0.354 e. The lowest BCUT2D eigenvalue weighted by atomic mass is 10.2. The Hall–Kier alpha value is -2.99. The number of aryl methyl sites for hydroxylation is 2. The van der Waals surface area contributed by atoms with Crippen LogP contribution in [0.2, 0.25) is 0 Å². The van der Waals surface area contributed by atoms with Gasteiger partial charge in [0.15, 0.2) is 0 Å². The van der Waals surface area contributed by atoms with Gasteiger partial charge in [0.25, 0.3) is 5.95 Å². The SMILES string of the molecule is Cc1cc(C)n(-c2nccc(N3CCN(CC=Cc4ccccc4)CC3)n2)n1. The molecule has 1 aromatic carbocycles. The van der Waals surface area contributed by atoms with Gasteiger partial charge < -0.3 is 4.90 Å². The zero-order valence-electron chi connectivity index (χ0n) is 16.5. The molecule has 0 unspecified atom stereocenters. The Kier molecular flexibility index (Phi) is 5.48. The summed E-state index contributed by atoms with van der Waals surface area (Å²) in [4.78, 5) is 14.0. The van der Waals surface area contributed by atoms with Crippen LogP contribution in [0.4, 0.5) is 5.82 Å². The molecule has 4 rings (SSSR count). The zero-order valence-corrected chi connectivity index (χ0v) is 16.5. The van der Waals surface area contributed by atoms with E-state index in [1.54, 1.807) is 0 Å². The monoisotopic (exact) mass is 374 g/mol. The van der Waals surface area contributed by atoms with Crippen molar-refractivity contribution in [2.45, 2.75) is 13.8 Å². The van der Waals surface area contributed by atoms with E-state index in [1.165, 1.54) is 5.56 Å². The molecule has 6 heteroatoms. The third kappa shape index (κ3) is 4.28. The van der Waals surface area contributed by atoms with Crippen LogP contribution in [-0.2, 0) is 0 Å². The fourth-order valence-corrected chi connectivity index (χ4v) is 3.51. The van der Waals surface area contributed by atoms with Gasteiger partial charge in [-0.1, -0.05) is 42.5 Å². The first-order chi connectivity index (χ1) is 13.7. The maximum atomic E-state index is 4.75. The second-order valence-electron chi connectivity index (χ2n) is 7.15. The normalized spacial score (nSPS) is 15.4. The van der Waals surface area contributed by atoms with Crippen molar-refractivity contribution in [3.8, 4) is 5.95 Å². The Balaban J connectivity index is 1.36. The zero-order chi connectivity index (χ0) is 19.3. The lowest BCUT2D eigenvalue weighted by molar-refractivity contribution is 0.283. The van der Waals surface area contributed by atoms with Gasteiger partial charge in [0.1, 0.15) is 5.82 Å². The van der Waals surface area contributed by atoms with Crippen molar-refractivity contribution >= 4 is 11.9 Å². The molecular formula is C22H26N6. The van der Waals surface area contributed by atoms with Crippen molar-refractivity contribution in [1.29, 1.82) is 0 Å². The molecule has 0 amide bonds. The second-order valence-corrected chi connectivity index (χ2v) is 7.15. The fourth-order valence-electron chi connectivity index (χ4n) is 3.51. The highest BCUT2D eigenvalue weighted by Gasteiger charge is 2.18. The van der Waals surface area contributed by atoms with Crippen molar-refractivity contribution < 1.29 is 0 Å². The van der Waals surface area contributed by atoms with E-state index < -0.39 is 0 Å². The lowest BCUT2D eigenvalue weighted by Crippen LogP contribution is -2.46. The van der Waals surface area contributed by atoms with Gasteiger partial charge >= 0.3 is 0 Å². The largest absolute Gasteiger partial charge is 0.354 e. The van der Waals surface area contributed by atoms with E-state index in [9.17, 15) is 0 Å². The minimum atomic E-state index is 0.635. The smallest absolute Gasteiger partial charge is 0.252 e. The highest BCUT2D eigenvalue weighted by atomic mass is 15.4. The van der Waals surface area contributed by atoms with E-state index in [2.05, 4.69) is 56.3 Å². The Morgan fingerprint density at radius 1 is 1.00 bits per heavy atom. The summed E-state index contributed by atoms with van der Waals surface area (Å²) in [7, 11) is 0. The molecule has 0 radical (unpaired) electrons. The molecule has 1 saturated heterocycles. The van der Waals surface area contributed by atoms with Gasteiger partial charge in [-0.3, -0.25) is 4.90 Å². The summed E-state index contributed by atoms with van der Waals surface area (Å²) in [5.41, 5.74) is 3.27. The summed E-state index contributed by atoms with van der Waals surface area (Å²) < 4.78 is 1.81. The number of anilines is 1. The standard InChI is InChI=1S/C22H26N6/c1-18-17-19(2)28(25-18)22-23-11-10-21(24-22)27-15-13-26(14-16-27)12-6-9-20-7-4-3-5-8-20/h3-11,17H,12-16H2,1-2H3. The molecule has 0 saturated carbocycles.